The van der Waals surface area contributed by atoms with Crippen molar-refractivity contribution in [2.24, 2.45) is 5.73 Å². The molecule has 1 atom stereocenters. The van der Waals surface area contributed by atoms with E-state index in [4.69, 9.17) is 22.1 Å². The van der Waals surface area contributed by atoms with Crippen molar-refractivity contribution < 1.29 is 18.7 Å². The summed E-state index contributed by atoms with van der Waals surface area (Å²) in [5.41, 5.74) is 5.98. The van der Waals surface area contributed by atoms with Gasteiger partial charge < -0.3 is 15.2 Å². The zero-order valence-corrected chi connectivity index (χ0v) is 11.9. The number of methoxy groups -OCH3 is 1. The van der Waals surface area contributed by atoms with Crippen LogP contribution in [-0.4, -0.2) is 26.3 Å². The Morgan fingerprint density at radius 1 is 1.61 bits per heavy atom. The lowest BCUT2D eigenvalue weighted by Gasteiger charge is -2.14. The molecule has 1 aromatic rings. The van der Waals surface area contributed by atoms with Gasteiger partial charge in [0.25, 0.3) is 0 Å². The van der Waals surface area contributed by atoms with Gasteiger partial charge in [-0.05, 0) is 28.1 Å². The van der Waals surface area contributed by atoms with Crippen molar-refractivity contribution in [1.29, 1.82) is 0 Å². The van der Waals surface area contributed by atoms with Crippen LogP contribution in [0.4, 0.5) is 4.39 Å². The van der Waals surface area contributed by atoms with Crippen LogP contribution in [0.3, 0.4) is 0 Å². The summed E-state index contributed by atoms with van der Waals surface area (Å²) in [6.45, 7) is -0.236. The number of benzene rings is 1. The average molecular weight is 341 g/mol. The minimum atomic E-state index is -0.708. The first kappa shape index (κ1) is 15.4. The molecule has 0 fully saturated rings. The molecule has 0 spiro atoms. The van der Waals surface area contributed by atoms with E-state index < -0.39 is 17.8 Å². The minimum absolute atomic E-state index is 0.00994. The molecule has 0 aliphatic carbocycles. The van der Waals surface area contributed by atoms with Gasteiger partial charge in [0, 0.05) is 10.0 Å². The Morgan fingerprint density at radius 3 is 2.89 bits per heavy atom. The highest BCUT2D eigenvalue weighted by molar-refractivity contribution is 9.10. The number of carbonyl (C=O) groups is 1. The largest absolute Gasteiger partial charge is 0.467 e. The Bertz CT molecular complexity index is 445. The highest BCUT2D eigenvalue weighted by Gasteiger charge is 2.15. The second kappa shape index (κ2) is 7.04. The first-order chi connectivity index (χ1) is 8.45. The lowest BCUT2D eigenvalue weighted by Crippen LogP contribution is -2.21. The van der Waals surface area contributed by atoms with Crippen molar-refractivity contribution in [3.63, 3.8) is 0 Å². The zero-order valence-electron chi connectivity index (χ0n) is 9.58. The van der Waals surface area contributed by atoms with E-state index >= 15 is 0 Å². The summed E-state index contributed by atoms with van der Waals surface area (Å²) in [5, 5.41) is 0.356. The number of nitrogens with two attached hydrogens (primary N) is 1. The van der Waals surface area contributed by atoms with Crippen molar-refractivity contribution in [3.8, 4) is 0 Å². The molecule has 0 bridgehead atoms. The van der Waals surface area contributed by atoms with Crippen LogP contribution in [0.1, 0.15) is 11.6 Å². The van der Waals surface area contributed by atoms with Crippen molar-refractivity contribution in [3.05, 3.63) is 33.0 Å². The SMILES string of the molecule is COC(=O)COCC(N)c1cc(Cl)c(Br)cc1F. The molecule has 18 heavy (non-hydrogen) atoms. The molecule has 0 amide bonds. The lowest BCUT2D eigenvalue weighted by molar-refractivity contribution is -0.146. The molecule has 0 aliphatic rings. The standard InChI is InChI=1S/C11H12BrClFNO3/c1-17-11(16)5-18-4-10(15)6-2-8(13)7(12)3-9(6)14/h2-3,10H,4-5,15H2,1H3. The molecule has 0 aliphatic heterocycles. The Labute approximate surface area is 117 Å². The lowest BCUT2D eigenvalue weighted by atomic mass is 10.1. The second-order valence-electron chi connectivity index (χ2n) is 3.49. The number of hydrogen-bond acceptors (Lipinski definition) is 4. The summed E-state index contributed by atoms with van der Waals surface area (Å²) in [6.07, 6.45) is 0. The van der Waals surface area contributed by atoms with Gasteiger partial charge in [-0.25, -0.2) is 9.18 Å². The quantitative estimate of drug-likeness (QED) is 0.660. The summed E-state index contributed by atoms with van der Waals surface area (Å²) >= 11 is 8.96. The Hall–Kier alpha value is -0.690. The van der Waals surface area contributed by atoms with E-state index in [9.17, 15) is 9.18 Å². The Balaban J connectivity index is 2.64. The molecule has 2 N–H and O–H groups in total. The summed E-state index contributed by atoms with van der Waals surface area (Å²) in [6, 6.07) is 1.95. The van der Waals surface area contributed by atoms with Gasteiger partial charge in [0.05, 0.1) is 24.8 Å². The van der Waals surface area contributed by atoms with Crippen LogP contribution in [0.5, 0.6) is 0 Å². The highest BCUT2D eigenvalue weighted by atomic mass is 79.9. The number of esters is 1. The minimum Gasteiger partial charge on any atom is -0.467 e. The number of carbonyl (C=O) groups excluding carboxylic acids is 1. The smallest absolute Gasteiger partial charge is 0.331 e. The van der Waals surface area contributed by atoms with E-state index in [2.05, 4.69) is 20.7 Å². The van der Waals surface area contributed by atoms with Gasteiger partial charge in [-0.1, -0.05) is 11.6 Å². The van der Waals surface area contributed by atoms with Gasteiger partial charge in [0.2, 0.25) is 0 Å². The molecular formula is C11H12BrClFNO3. The molecule has 100 valence electrons. The maximum atomic E-state index is 13.6. The van der Waals surface area contributed by atoms with Crippen LogP contribution in [-0.2, 0) is 14.3 Å². The third kappa shape index (κ3) is 4.20. The topological polar surface area (TPSA) is 61.5 Å². The van der Waals surface area contributed by atoms with Crippen LogP contribution < -0.4 is 5.73 Å². The zero-order chi connectivity index (χ0) is 13.7. The molecular weight excluding hydrogens is 328 g/mol. The van der Waals surface area contributed by atoms with E-state index in [-0.39, 0.29) is 18.8 Å². The van der Waals surface area contributed by atoms with Gasteiger partial charge in [-0.15, -0.1) is 0 Å². The van der Waals surface area contributed by atoms with Crippen molar-refractivity contribution >= 4 is 33.5 Å². The van der Waals surface area contributed by atoms with E-state index in [0.29, 0.717) is 9.50 Å². The van der Waals surface area contributed by atoms with Crippen LogP contribution in [0.2, 0.25) is 5.02 Å². The number of rotatable bonds is 5. The predicted octanol–water partition coefficient (Wildman–Crippen LogP) is 2.43. The third-order valence-corrected chi connectivity index (χ3v) is 3.38. The number of ether oxygens (including phenoxy) is 2. The van der Waals surface area contributed by atoms with Crippen molar-refractivity contribution in [1.82, 2.24) is 0 Å². The normalized spacial score (nSPS) is 12.3. The fourth-order valence-electron chi connectivity index (χ4n) is 1.24. The number of hydrogen-bond donors (Lipinski definition) is 1. The number of halogens is 3. The van der Waals surface area contributed by atoms with Crippen LogP contribution in [0, 0.1) is 5.82 Å². The van der Waals surface area contributed by atoms with Crippen LogP contribution in [0.15, 0.2) is 16.6 Å². The molecule has 0 heterocycles. The van der Waals surface area contributed by atoms with E-state index in [1.54, 1.807) is 0 Å². The molecule has 7 heteroatoms. The van der Waals surface area contributed by atoms with Gasteiger partial charge in [0.1, 0.15) is 12.4 Å². The van der Waals surface area contributed by atoms with Crippen LogP contribution in [0.25, 0.3) is 0 Å². The van der Waals surface area contributed by atoms with Crippen molar-refractivity contribution in [2.45, 2.75) is 6.04 Å². The van der Waals surface area contributed by atoms with E-state index in [1.807, 2.05) is 0 Å². The monoisotopic (exact) mass is 339 g/mol. The molecule has 0 aromatic heterocycles. The molecule has 0 saturated carbocycles. The summed E-state index contributed by atoms with van der Waals surface area (Å²) < 4.78 is 23.5. The Morgan fingerprint density at radius 2 is 2.28 bits per heavy atom. The predicted molar refractivity (Wildman–Crippen MR) is 68.9 cm³/mol. The van der Waals surface area contributed by atoms with E-state index in [1.165, 1.54) is 19.2 Å². The maximum Gasteiger partial charge on any atom is 0.331 e. The fraction of sp³-hybridized carbons (Fsp3) is 0.364. The maximum absolute atomic E-state index is 13.6. The van der Waals surface area contributed by atoms with Crippen LogP contribution >= 0.6 is 27.5 Å². The summed E-state index contributed by atoms with van der Waals surface area (Å²) in [4.78, 5) is 10.8. The van der Waals surface area contributed by atoms with Gasteiger partial charge in [-0.2, -0.15) is 0 Å². The third-order valence-electron chi connectivity index (χ3n) is 2.18. The molecule has 0 saturated heterocycles. The van der Waals surface area contributed by atoms with Gasteiger partial charge in [-0.3, -0.25) is 0 Å². The molecule has 0 radical (unpaired) electrons. The summed E-state index contributed by atoms with van der Waals surface area (Å²) in [5.74, 6) is -1.00. The van der Waals surface area contributed by atoms with E-state index in [0.717, 1.165) is 0 Å². The first-order valence-corrected chi connectivity index (χ1v) is 6.17. The van der Waals surface area contributed by atoms with Gasteiger partial charge in [0.15, 0.2) is 0 Å². The van der Waals surface area contributed by atoms with Crippen molar-refractivity contribution in [2.75, 3.05) is 20.3 Å². The summed E-state index contributed by atoms with van der Waals surface area (Å²) in [7, 11) is 1.25. The first-order valence-electron chi connectivity index (χ1n) is 5.00. The highest BCUT2D eigenvalue weighted by Crippen LogP contribution is 2.28. The molecule has 4 nitrogen and oxygen atoms in total. The molecule has 1 rings (SSSR count). The Kier molecular flexibility index (Phi) is 6.01. The molecule has 1 aromatic carbocycles. The fourth-order valence-corrected chi connectivity index (χ4v) is 1.73. The second-order valence-corrected chi connectivity index (χ2v) is 4.75. The average Bonchev–Trinajstić information content (AvgIpc) is 2.33. The van der Waals surface area contributed by atoms with Gasteiger partial charge >= 0.3 is 5.97 Å². The molecule has 1 unspecified atom stereocenters.